The van der Waals surface area contributed by atoms with Gasteiger partial charge in [-0.3, -0.25) is 14.4 Å². The van der Waals surface area contributed by atoms with Crippen molar-refractivity contribution in [3.05, 3.63) is 122 Å². The highest BCUT2D eigenvalue weighted by molar-refractivity contribution is 5.71. The molecule has 0 aliphatic heterocycles. The van der Waals surface area contributed by atoms with Crippen LogP contribution in [0.3, 0.4) is 0 Å². The fourth-order valence-corrected chi connectivity index (χ4v) is 7.45. The number of hydrogen-bond acceptors (Lipinski definition) is 6. The van der Waals surface area contributed by atoms with Gasteiger partial charge in [-0.05, 0) is 128 Å². The van der Waals surface area contributed by atoms with Gasteiger partial charge >= 0.3 is 17.9 Å². The van der Waals surface area contributed by atoms with Gasteiger partial charge in [-0.15, -0.1) is 0 Å². The zero-order valence-corrected chi connectivity index (χ0v) is 45.2. The lowest BCUT2D eigenvalue weighted by Crippen LogP contribution is -2.30. The molecule has 0 heterocycles. The second-order valence-corrected chi connectivity index (χ2v) is 18.4. The first kappa shape index (κ1) is 65.8. The third-order valence-electron chi connectivity index (χ3n) is 11.7. The molecule has 1 atom stereocenters. The zero-order chi connectivity index (χ0) is 50.7. The molecule has 0 N–H and O–H groups in total. The van der Waals surface area contributed by atoms with Crippen molar-refractivity contribution in [1.82, 2.24) is 0 Å². The molecule has 0 amide bonds. The molecule has 1 unspecified atom stereocenters. The van der Waals surface area contributed by atoms with Crippen LogP contribution in [0.4, 0.5) is 0 Å². The first-order valence-corrected chi connectivity index (χ1v) is 28.5. The highest BCUT2D eigenvalue weighted by atomic mass is 16.6. The zero-order valence-electron chi connectivity index (χ0n) is 45.2. The molecule has 0 aromatic carbocycles. The van der Waals surface area contributed by atoms with Gasteiger partial charge in [0.15, 0.2) is 6.10 Å². The smallest absolute Gasteiger partial charge is 0.306 e. The molecule has 70 heavy (non-hydrogen) atoms. The van der Waals surface area contributed by atoms with Gasteiger partial charge in [-0.1, -0.05) is 219 Å². The Labute approximate surface area is 431 Å². The molecule has 0 saturated heterocycles. The SMILES string of the molecule is CC/C=C\C/C=C\C/C=C\C/C=C\C/C=C\C/C=C\CCCCCCC(=O)OCC(COC(=O)CCCCCCC/C=C\CCCCCCC)OC(=O)CCCCCCC/C=C\C/C=C\C/C=C\CC. The van der Waals surface area contributed by atoms with Crippen LogP contribution in [0.15, 0.2) is 122 Å². The van der Waals surface area contributed by atoms with E-state index in [4.69, 9.17) is 14.2 Å². The lowest BCUT2D eigenvalue weighted by Gasteiger charge is -2.18. The van der Waals surface area contributed by atoms with E-state index < -0.39 is 6.10 Å². The second-order valence-electron chi connectivity index (χ2n) is 18.4. The first-order valence-electron chi connectivity index (χ1n) is 28.5. The van der Waals surface area contributed by atoms with Gasteiger partial charge in [0, 0.05) is 19.3 Å². The average molecular weight is 970 g/mol. The molecular formula is C64H104O6. The largest absolute Gasteiger partial charge is 0.462 e. The second kappa shape index (κ2) is 57.4. The van der Waals surface area contributed by atoms with Gasteiger partial charge in [-0.25, -0.2) is 0 Å². The van der Waals surface area contributed by atoms with Gasteiger partial charge in [-0.2, -0.15) is 0 Å². The summed E-state index contributed by atoms with van der Waals surface area (Å²) in [5.41, 5.74) is 0. The minimum absolute atomic E-state index is 0.101. The molecule has 0 aliphatic carbocycles. The summed E-state index contributed by atoms with van der Waals surface area (Å²) in [5.74, 6) is -0.954. The van der Waals surface area contributed by atoms with Crippen molar-refractivity contribution in [1.29, 1.82) is 0 Å². The van der Waals surface area contributed by atoms with Gasteiger partial charge in [0.2, 0.25) is 0 Å². The van der Waals surface area contributed by atoms with Gasteiger partial charge in [0.25, 0.3) is 0 Å². The van der Waals surface area contributed by atoms with Crippen LogP contribution in [-0.2, 0) is 28.6 Å². The highest BCUT2D eigenvalue weighted by Crippen LogP contribution is 2.13. The minimum Gasteiger partial charge on any atom is -0.462 e. The molecule has 0 aromatic heterocycles. The number of esters is 3. The fraction of sp³-hybridized carbons (Fsp3) is 0.641. The van der Waals surface area contributed by atoms with Crippen LogP contribution in [0.1, 0.15) is 245 Å². The Morgan fingerprint density at radius 2 is 0.557 bits per heavy atom. The van der Waals surface area contributed by atoms with Crippen molar-refractivity contribution in [3.63, 3.8) is 0 Å². The molecule has 6 heteroatoms. The third-order valence-corrected chi connectivity index (χ3v) is 11.7. The van der Waals surface area contributed by atoms with Crippen LogP contribution in [-0.4, -0.2) is 37.2 Å². The van der Waals surface area contributed by atoms with Crippen LogP contribution < -0.4 is 0 Å². The average Bonchev–Trinajstić information content (AvgIpc) is 3.36. The lowest BCUT2D eigenvalue weighted by molar-refractivity contribution is -0.167. The Morgan fingerprint density at radius 3 is 0.886 bits per heavy atom. The quantitative estimate of drug-likeness (QED) is 0.0262. The summed E-state index contributed by atoms with van der Waals surface area (Å²) in [6.07, 6.45) is 79.0. The molecule has 0 fully saturated rings. The molecular weight excluding hydrogens is 865 g/mol. The highest BCUT2D eigenvalue weighted by Gasteiger charge is 2.19. The standard InChI is InChI=1S/C64H104O6/c1-4-7-10-13-16-19-22-25-28-29-30-31-32-33-34-35-37-39-42-45-48-51-54-57-63(66)69-60-61(59-68-62(65)56-53-50-47-44-41-38-27-24-21-18-15-12-9-6-3)70-64(67)58-55-52-49-46-43-40-36-26-23-20-17-14-11-8-5-2/h7-8,10-11,16-17,19-20,24-28,30-31,33-34,36-37,39,61H,4-6,9,12-15,18,21-23,29,32,35,38,40-60H2,1-3H3/b10-7-,11-8-,19-16-,20-17-,27-24-,28-25-,31-30-,34-33-,36-26-,39-37-. The molecule has 0 aromatic rings. The Bertz CT molecular complexity index is 1490. The summed E-state index contributed by atoms with van der Waals surface area (Å²) >= 11 is 0. The Hall–Kier alpha value is -4.19. The number of unbranched alkanes of at least 4 members (excludes halogenated alkanes) is 19. The molecule has 396 valence electrons. The van der Waals surface area contributed by atoms with Crippen molar-refractivity contribution in [2.45, 2.75) is 252 Å². The molecule has 0 spiro atoms. The summed E-state index contributed by atoms with van der Waals surface area (Å²) in [4.78, 5) is 38.1. The van der Waals surface area contributed by atoms with Crippen molar-refractivity contribution in [2.24, 2.45) is 0 Å². The molecule has 0 bridgehead atoms. The van der Waals surface area contributed by atoms with E-state index in [2.05, 4.69) is 142 Å². The van der Waals surface area contributed by atoms with E-state index in [0.29, 0.717) is 19.3 Å². The number of ether oxygens (including phenoxy) is 3. The van der Waals surface area contributed by atoms with E-state index in [1.54, 1.807) is 0 Å². The maximum Gasteiger partial charge on any atom is 0.306 e. The van der Waals surface area contributed by atoms with Gasteiger partial charge in [0.1, 0.15) is 13.2 Å². The number of rotatable bonds is 50. The number of allylic oxidation sites excluding steroid dienone is 20. The van der Waals surface area contributed by atoms with E-state index in [9.17, 15) is 14.4 Å². The number of hydrogen-bond donors (Lipinski definition) is 0. The molecule has 0 rings (SSSR count). The summed E-state index contributed by atoms with van der Waals surface area (Å²) in [7, 11) is 0. The van der Waals surface area contributed by atoms with Gasteiger partial charge in [0.05, 0.1) is 0 Å². The van der Waals surface area contributed by atoms with E-state index in [-0.39, 0.29) is 31.1 Å². The fourth-order valence-electron chi connectivity index (χ4n) is 7.45. The summed E-state index contributed by atoms with van der Waals surface area (Å²) in [5, 5.41) is 0. The normalized spacial score (nSPS) is 13.0. The van der Waals surface area contributed by atoms with Crippen molar-refractivity contribution in [2.75, 3.05) is 13.2 Å². The van der Waals surface area contributed by atoms with E-state index in [1.807, 2.05) is 0 Å². The van der Waals surface area contributed by atoms with E-state index in [1.165, 1.54) is 44.9 Å². The topological polar surface area (TPSA) is 78.9 Å². The lowest BCUT2D eigenvalue weighted by atomic mass is 10.1. The van der Waals surface area contributed by atoms with Crippen LogP contribution in [0, 0.1) is 0 Å². The van der Waals surface area contributed by atoms with Crippen LogP contribution in [0.5, 0.6) is 0 Å². The van der Waals surface area contributed by atoms with Crippen molar-refractivity contribution >= 4 is 17.9 Å². The van der Waals surface area contributed by atoms with Crippen LogP contribution in [0.2, 0.25) is 0 Å². The number of carbonyl (C=O) groups excluding carboxylic acids is 3. The molecule has 6 nitrogen and oxygen atoms in total. The Morgan fingerprint density at radius 1 is 0.300 bits per heavy atom. The maximum atomic E-state index is 12.8. The summed E-state index contributed by atoms with van der Waals surface area (Å²) < 4.78 is 16.8. The van der Waals surface area contributed by atoms with E-state index in [0.717, 1.165) is 161 Å². The van der Waals surface area contributed by atoms with Gasteiger partial charge < -0.3 is 14.2 Å². The summed E-state index contributed by atoms with van der Waals surface area (Å²) in [6.45, 7) is 6.36. The van der Waals surface area contributed by atoms with Crippen LogP contribution >= 0.6 is 0 Å². The molecule has 0 aliphatic rings. The van der Waals surface area contributed by atoms with Crippen molar-refractivity contribution < 1.29 is 28.6 Å². The first-order chi connectivity index (χ1) is 34.5. The van der Waals surface area contributed by atoms with Crippen molar-refractivity contribution in [3.8, 4) is 0 Å². The summed E-state index contributed by atoms with van der Waals surface area (Å²) in [6, 6.07) is 0. The maximum absolute atomic E-state index is 12.8. The Balaban J connectivity index is 4.46. The molecule has 0 radical (unpaired) electrons. The minimum atomic E-state index is -0.805. The number of carbonyl (C=O) groups is 3. The van der Waals surface area contributed by atoms with Crippen LogP contribution in [0.25, 0.3) is 0 Å². The monoisotopic (exact) mass is 969 g/mol. The predicted molar refractivity (Wildman–Crippen MR) is 302 cm³/mol. The third kappa shape index (κ3) is 54.7. The predicted octanol–water partition coefficient (Wildman–Crippen LogP) is 19.3. The molecule has 0 saturated carbocycles. The van der Waals surface area contributed by atoms with E-state index >= 15 is 0 Å². The Kier molecular flexibility index (Phi) is 54.0.